The van der Waals surface area contributed by atoms with E-state index in [1.54, 1.807) is 13.8 Å². The molecule has 6 bridgehead atoms. The minimum Gasteiger partial charge on any atom is -0.756 e. The Kier molecular flexibility index (Phi) is 9.53. The Morgan fingerprint density at radius 1 is 0.644 bits per heavy atom. The van der Waals surface area contributed by atoms with Gasteiger partial charge >= 0.3 is 0 Å². The molecule has 0 aliphatic carbocycles. The molecule has 0 amide bonds. The van der Waals surface area contributed by atoms with Crippen molar-refractivity contribution in [2.45, 2.75) is 132 Å². The summed E-state index contributed by atoms with van der Waals surface area (Å²) in [4.78, 5) is 26.4. The van der Waals surface area contributed by atoms with Gasteiger partial charge in [0.1, 0.15) is 53.4 Å². The molecule has 6 saturated heterocycles. The van der Waals surface area contributed by atoms with Gasteiger partial charge in [-0.05, 0) is 48.5 Å². The lowest BCUT2D eigenvalue weighted by Crippen LogP contribution is -2.49. The summed E-state index contributed by atoms with van der Waals surface area (Å²) >= 11 is 0. The van der Waals surface area contributed by atoms with Crippen molar-refractivity contribution in [2.75, 3.05) is 39.6 Å². The molecule has 260 valence electrons. The average Bonchev–Trinajstić information content (AvgIpc) is 3.73. The summed E-state index contributed by atoms with van der Waals surface area (Å²) in [5.41, 5.74) is -3.84. The van der Waals surface area contributed by atoms with Crippen molar-refractivity contribution < 1.29 is 74.9 Å². The summed E-state index contributed by atoms with van der Waals surface area (Å²) in [6.45, 7) is 11.7. The van der Waals surface area contributed by atoms with E-state index in [1.165, 1.54) is 0 Å². The Bertz CT molecular complexity index is 1190. The maximum atomic E-state index is 13.2. The smallest absolute Gasteiger partial charge is 0.268 e. The van der Waals surface area contributed by atoms with Crippen LogP contribution in [0.4, 0.5) is 0 Å². The minimum atomic E-state index is -5.03. The van der Waals surface area contributed by atoms with E-state index in [2.05, 4.69) is 0 Å². The van der Waals surface area contributed by atoms with Crippen LogP contribution >= 0.6 is 15.6 Å². The molecule has 45 heavy (non-hydrogen) atoms. The summed E-state index contributed by atoms with van der Waals surface area (Å²) in [6.07, 6.45) is -6.30. The highest BCUT2D eigenvalue weighted by molar-refractivity contribution is 7.46. The predicted molar refractivity (Wildman–Crippen MR) is 147 cm³/mol. The molecule has 0 aromatic rings. The van der Waals surface area contributed by atoms with E-state index in [-0.39, 0.29) is 50.8 Å². The Balaban J connectivity index is 1.10. The second-order valence-electron chi connectivity index (χ2n) is 13.4. The number of phosphoric ester groups is 2. The van der Waals surface area contributed by atoms with Crippen molar-refractivity contribution in [3.05, 3.63) is 0 Å². The highest BCUT2D eigenvalue weighted by Gasteiger charge is 2.65. The zero-order valence-electron chi connectivity index (χ0n) is 26.5. The van der Waals surface area contributed by atoms with Gasteiger partial charge in [-0.2, -0.15) is 0 Å². The van der Waals surface area contributed by atoms with Gasteiger partial charge in [-0.25, -0.2) is 0 Å². The Morgan fingerprint density at radius 2 is 1.02 bits per heavy atom. The van der Waals surface area contributed by atoms with Crippen LogP contribution in [0.5, 0.6) is 0 Å². The first-order chi connectivity index (χ1) is 21.0. The molecule has 0 saturated carbocycles. The minimum absolute atomic E-state index is 0.0628. The molecule has 0 aromatic carbocycles. The molecule has 0 radical (unpaired) electrons. The maximum Gasteiger partial charge on any atom is 0.268 e. The monoisotopic (exact) mass is 686 g/mol. The largest absolute Gasteiger partial charge is 0.756 e. The van der Waals surface area contributed by atoms with Crippen LogP contribution in [0, 0.1) is 0 Å². The van der Waals surface area contributed by atoms with E-state index >= 15 is 0 Å². The molecular formula is C27H44O16P2-2. The highest BCUT2D eigenvalue weighted by Crippen LogP contribution is 2.55. The number of fused-ring (bicyclic) bond motifs is 6. The van der Waals surface area contributed by atoms with Gasteiger partial charge in [-0.1, -0.05) is 0 Å². The molecule has 16 nitrogen and oxygen atoms in total. The zero-order chi connectivity index (χ0) is 32.6. The molecule has 0 spiro atoms. The quantitative estimate of drug-likeness (QED) is 0.218. The van der Waals surface area contributed by atoms with Crippen LogP contribution in [0.1, 0.15) is 48.5 Å². The summed E-state index contributed by atoms with van der Waals surface area (Å²) in [5.74, 6) is 0. The summed E-state index contributed by atoms with van der Waals surface area (Å²) in [7, 11) is -10.0. The lowest BCUT2D eigenvalue weighted by atomic mass is 9.99. The van der Waals surface area contributed by atoms with E-state index in [1.807, 2.05) is 34.6 Å². The second kappa shape index (κ2) is 12.3. The number of ether oxygens (including phenoxy) is 8. The Hall–Kier alpha value is -0.100. The van der Waals surface area contributed by atoms with Gasteiger partial charge in [0.05, 0.1) is 70.2 Å². The molecule has 14 atom stereocenters. The zero-order valence-corrected chi connectivity index (χ0v) is 28.3. The third-order valence-electron chi connectivity index (χ3n) is 9.16. The van der Waals surface area contributed by atoms with Crippen LogP contribution in [0.2, 0.25) is 0 Å². The molecule has 8 unspecified atom stereocenters. The third kappa shape index (κ3) is 6.50. The van der Waals surface area contributed by atoms with Crippen molar-refractivity contribution in [1.82, 2.24) is 0 Å². The molecule has 0 aromatic heterocycles. The molecule has 18 heteroatoms. The molecule has 6 fully saturated rings. The molecule has 6 rings (SSSR count). The van der Waals surface area contributed by atoms with Crippen molar-refractivity contribution in [2.24, 2.45) is 0 Å². The van der Waals surface area contributed by atoms with Crippen molar-refractivity contribution in [1.29, 1.82) is 0 Å². The van der Waals surface area contributed by atoms with Gasteiger partial charge < -0.3 is 65.8 Å². The highest BCUT2D eigenvalue weighted by atomic mass is 31.2. The fraction of sp³-hybridized carbons (Fsp3) is 1.00. The summed E-state index contributed by atoms with van der Waals surface area (Å²) in [5, 5.41) is 0. The molecule has 6 aliphatic heterocycles. The molecule has 6 aliphatic rings. The van der Waals surface area contributed by atoms with Gasteiger partial charge in [0.2, 0.25) is 0 Å². The Labute approximate surface area is 262 Å². The van der Waals surface area contributed by atoms with Gasteiger partial charge in [-0.3, -0.25) is 9.13 Å². The van der Waals surface area contributed by atoms with Crippen LogP contribution in [-0.4, -0.2) is 124 Å². The average molecular weight is 687 g/mol. The number of phosphoric acid groups is 2. The number of hydrogen-bond donors (Lipinski definition) is 0. The van der Waals surface area contributed by atoms with Crippen molar-refractivity contribution in [3.8, 4) is 0 Å². The normalized spacial score (nSPS) is 47.8. The first-order valence-corrected chi connectivity index (χ1v) is 18.3. The first-order valence-electron chi connectivity index (χ1n) is 15.4. The van der Waals surface area contributed by atoms with Crippen LogP contribution in [0.25, 0.3) is 0 Å². The van der Waals surface area contributed by atoms with E-state index in [4.69, 9.17) is 56.0 Å². The number of hydrogen-bond acceptors (Lipinski definition) is 16. The van der Waals surface area contributed by atoms with Crippen molar-refractivity contribution in [3.63, 3.8) is 0 Å². The van der Waals surface area contributed by atoms with E-state index in [9.17, 15) is 18.9 Å². The topological polar surface area (TPSA) is 191 Å². The van der Waals surface area contributed by atoms with E-state index in [0.717, 1.165) is 0 Å². The van der Waals surface area contributed by atoms with Gasteiger partial charge in [0.15, 0.2) is 0 Å². The maximum absolute atomic E-state index is 13.2. The van der Waals surface area contributed by atoms with Gasteiger partial charge in [0.25, 0.3) is 15.6 Å². The van der Waals surface area contributed by atoms with Crippen LogP contribution in [-0.2, 0) is 65.1 Å². The lowest BCUT2D eigenvalue weighted by Gasteiger charge is -2.37. The van der Waals surface area contributed by atoms with Crippen LogP contribution < -0.4 is 9.79 Å². The first kappa shape index (κ1) is 34.8. The van der Waals surface area contributed by atoms with Crippen LogP contribution in [0.15, 0.2) is 0 Å². The molecule has 0 N–H and O–H groups in total. The number of rotatable bonds is 15. The lowest BCUT2D eigenvalue weighted by molar-refractivity contribution is -0.247. The van der Waals surface area contributed by atoms with E-state index < -0.39 is 88.4 Å². The fourth-order valence-electron chi connectivity index (χ4n) is 7.18. The second-order valence-corrected chi connectivity index (χ2v) is 16.2. The molecule has 6 heterocycles. The molecular weight excluding hydrogens is 642 g/mol. The standard InChI is InChI=1S/C27H46O16P2/c1-14(2)32-8-25-9-34-20(17(6)39-25)23(25)42-45(30,31)37-13-27-11-35-21(18(7)41-27)24(27)43-44(28,29)36-12-26-10-33-19(16(5)40-26)22(26)38-15(3)4/h14-24H,8-13H2,1-7H3,(H,28,29)(H,30,31)/p-2/t16-,17-,18-,19?,20?,21?,22+,23+,24+,25?,26?,27?/m0/s1. The van der Waals surface area contributed by atoms with Crippen molar-refractivity contribution >= 4 is 15.6 Å². The third-order valence-corrected chi connectivity index (χ3v) is 11.0. The van der Waals surface area contributed by atoms with E-state index in [0.29, 0.717) is 0 Å². The summed E-state index contributed by atoms with van der Waals surface area (Å²) in [6, 6.07) is 0. The van der Waals surface area contributed by atoms with Gasteiger partial charge in [-0.15, -0.1) is 0 Å². The predicted octanol–water partition coefficient (Wildman–Crippen LogP) is 0.614. The SMILES string of the molecule is CC(C)OCC12COC([C@H](C)O1)[C@H]2OP(=O)([O-])OCC12COC([C@H](C)O1)[C@H]2OP(=O)([O-])OCC12COC([C@H](C)O1)[C@H]2OC(C)C. The summed E-state index contributed by atoms with van der Waals surface area (Å²) < 4.78 is 95.2. The van der Waals surface area contributed by atoms with Gasteiger partial charge in [0, 0.05) is 0 Å². The van der Waals surface area contributed by atoms with Crippen LogP contribution in [0.3, 0.4) is 0 Å². The fourth-order valence-corrected chi connectivity index (χ4v) is 9.24. The Morgan fingerprint density at radius 3 is 1.40 bits per heavy atom.